The second-order valence-corrected chi connectivity index (χ2v) is 8.61. The van der Waals surface area contributed by atoms with Crippen molar-refractivity contribution in [2.45, 2.75) is 5.16 Å². The minimum absolute atomic E-state index is 0.0941. The predicted molar refractivity (Wildman–Crippen MR) is 118 cm³/mol. The number of carbonyl (C=O) groups excluding carboxylic acids is 1. The summed E-state index contributed by atoms with van der Waals surface area (Å²) in [4.78, 5) is 13.4. The topological polar surface area (TPSA) is 59.8 Å². The Morgan fingerprint density at radius 2 is 1.93 bits per heavy atom. The van der Waals surface area contributed by atoms with Gasteiger partial charge in [-0.05, 0) is 41.8 Å². The summed E-state index contributed by atoms with van der Waals surface area (Å²) < 4.78 is 2.91. The van der Waals surface area contributed by atoms with Crippen LogP contribution in [0.5, 0.6) is 0 Å². The van der Waals surface area contributed by atoms with E-state index in [4.69, 9.17) is 0 Å². The zero-order chi connectivity index (χ0) is 19.3. The molecule has 0 aliphatic carbocycles. The minimum Gasteiger partial charge on any atom is -0.325 e. The van der Waals surface area contributed by atoms with Crippen LogP contribution in [0.2, 0.25) is 0 Å². The van der Waals surface area contributed by atoms with Crippen molar-refractivity contribution in [3.63, 3.8) is 0 Å². The monoisotopic (exact) mass is 470 g/mol. The zero-order valence-corrected chi connectivity index (χ0v) is 17.8. The van der Waals surface area contributed by atoms with Crippen LogP contribution >= 0.6 is 39.0 Å². The zero-order valence-electron chi connectivity index (χ0n) is 14.6. The van der Waals surface area contributed by atoms with E-state index >= 15 is 0 Å². The van der Waals surface area contributed by atoms with Gasteiger partial charge in [0, 0.05) is 15.8 Å². The van der Waals surface area contributed by atoms with Gasteiger partial charge in [-0.15, -0.1) is 21.5 Å². The molecule has 0 saturated heterocycles. The fourth-order valence-electron chi connectivity index (χ4n) is 2.63. The minimum atomic E-state index is -0.0941. The smallest absolute Gasteiger partial charge is 0.234 e. The van der Waals surface area contributed by atoms with Crippen LogP contribution in [0, 0.1) is 0 Å². The quantitative estimate of drug-likeness (QED) is 0.378. The third kappa shape index (κ3) is 4.35. The summed E-state index contributed by atoms with van der Waals surface area (Å²) in [6.07, 6.45) is 0. The highest BCUT2D eigenvalue weighted by Gasteiger charge is 2.17. The van der Waals surface area contributed by atoms with Crippen LogP contribution in [0.3, 0.4) is 0 Å². The Bertz CT molecular complexity index is 1080. The van der Waals surface area contributed by atoms with Crippen LogP contribution in [0.15, 0.2) is 81.7 Å². The number of anilines is 1. The summed E-state index contributed by atoms with van der Waals surface area (Å²) in [6.45, 7) is 0. The summed E-state index contributed by atoms with van der Waals surface area (Å²) in [7, 11) is 0. The molecule has 4 rings (SSSR count). The number of nitrogens with one attached hydrogen (secondary N) is 1. The van der Waals surface area contributed by atoms with Crippen LogP contribution in [0.4, 0.5) is 5.69 Å². The number of para-hydroxylation sites is 1. The summed E-state index contributed by atoms with van der Waals surface area (Å²) >= 11 is 6.38. The van der Waals surface area contributed by atoms with E-state index in [1.165, 1.54) is 11.8 Å². The van der Waals surface area contributed by atoms with Gasteiger partial charge >= 0.3 is 0 Å². The van der Waals surface area contributed by atoms with Gasteiger partial charge in [-0.1, -0.05) is 58.0 Å². The van der Waals surface area contributed by atoms with E-state index in [9.17, 15) is 4.79 Å². The molecule has 0 atom stereocenters. The number of benzene rings is 2. The van der Waals surface area contributed by atoms with E-state index in [2.05, 4.69) is 31.4 Å². The van der Waals surface area contributed by atoms with Crippen LogP contribution in [-0.4, -0.2) is 26.4 Å². The molecular weight excluding hydrogens is 456 g/mol. The molecule has 5 nitrogen and oxygen atoms in total. The molecule has 2 heterocycles. The second kappa shape index (κ2) is 8.72. The number of carbonyl (C=O) groups is 1. The summed E-state index contributed by atoms with van der Waals surface area (Å²) in [5.74, 6) is 0.918. The molecule has 1 N–H and O–H groups in total. The number of thiophene rings is 1. The van der Waals surface area contributed by atoms with E-state index in [1.807, 2.05) is 76.7 Å². The molecule has 1 amide bonds. The fourth-order valence-corrected chi connectivity index (χ4v) is 4.48. The molecule has 0 fully saturated rings. The third-order valence-electron chi connectivity index (χ3n) is 3.83. The molecule has 28 heavy (non-hydrogen) atoms. The lowest BCUT2D eigenvalue weighted by Crippen LogP contribution is -2.14. The van der Waals surface area contributed by atoms with Crippen molar-refractivity contribution in [3.05, 3.63) is 76.6 Å². The molecule has 4 aromatic rings. The van der Waals surface area contributed by atoms with Crippen molar-refractivity contribution in [2.24, 2.45) is 0 Å². The number of thioether (sulfide) groups is 1. The summed E-state index contributed by atoms with van der Waals surface area (Å²) in [5.41, 5.74) is 1.72. The molecular formula is C20H15BrN4OS2. The normalized spacial score (nSPS) is 10.8. The largest absolute Gasteiger partial charge is 0.325 e. The number of hydrogen-bond acceptors (Lipinski definition) is 5. The highest BCUT2D eigenvalue weighted by Crippen LogP contribution is 2.30. The van der Waals surface area contributed by atoms with E-state index < -0.39 is 0 Å². The van der Waals surface area contributed by atoms with Gasteiger partial charge in [0.2, 0.25) is 5.91 Å². The molecule has 8 heteroatoms. The average Bonchev–Trinajstić information content (AvgIpc) is 3.36. The fraction of sp³-hybridized carbons (Fsp3) is 0.0500. The first-order valence-electron chi connectivity index (χ1n) is 8.43. The maximum atomic E-state index is 12.4. The molecule has 0 spiro atoms. The van der Waals surface area contributed by atoms with Crippen LogP contribution in [0.1, 0.15) is 0 Å². The Morgan fingerprint density at radius 3 is 2.68 bits per heavy atom. The third-order valence-corrected chi connectivity index (χ3v) is 6.12. The van der Waals surface area contributed by atoms with Crippen molar-refractivity contribution in [3.8, 4) is 16.4 Å². The Hall–Kier alpha value is -2.42. The highest BCUT2D eigenvalue weighted by molar-refractivity contribution is 9.10. The molecule has 0 bridgehead atoms. The maximum absolute atomic E-state index is 12.4. The number of halogens is 1. The van der Waals surface area contributed by atoms with Gasteiger partial charge in [0.15, 0.2) is 11.0 Å². The lowest BCUT2D eigenvalue weighted by molar-refractivity contribution is -0.113. The molecule has 0 saturated carbocycles. The first-order chi connectivity index (χ1) is 13.7. The molecule has 0 aliphatic rings. The first kappa shape index (κ1) is 18.9. The Labute approximate surface area is 179 Å². The van der Waals surface area contributed by atoms with Crippen LogP contribution < -0.4 is 5.32 Å². The number of hydrogen-bond donors (Lipinski definition) is 1. The number of aromatic nitrogens is 3. The van der Waals surface area contributed by atoms with E-state index in [-0.39, 0.29) is 11.7 Å². The van der Waals surface area contributed by atoms with E-state index in [1.54, 1.807) is 11.3 Å². The predicted octanol–water partition coefficient (Wildman–Crippen LogP) is 5.49. The lowest BCUT2D eigenvalue weighted by atomic mass is 10.3. The van der Waals surface area contributed by atoms with Crippen LogP contribution in [-0.2, 0) is 4.79 Å². The van der Waals surface area contributed by atoms with Gasteiger partial charge < -0.3 is 5.32 Å². The standard InChI is InChI=1S/C20H15BrN4OS2/c21-14-6-4-7-15(12-14)22-18(26)13-28-20-24-23-19(17-10-5-11-27-17)25(20)16-8-2-1-3-9-16/h1-12H,13H2,(H,22,26). The van der Waals surface area contributed by atoms with Crippen molar-refractivity contribution in [2.75, 3.05) is 11.1 Å². The molecule has 0 radical (unpaired) electrons. The van der Waals surface area contributed by atoms with Gasteiger partial charge in [0.25, 0.3) is 0 Å². The van der Waals surface area contributed by atoms with Gasteiger partial charge in [0.1, 0.15) is 0 Å². The average molecular weight is 471 g/mol. The van der Waals surface area contributed by atoms with E-state index in [0.29, 0.717) is 5.16 Å². The SMILES string of the molecule is O=C(CSc1nnc(-c2cccs2)n1-c1ccccc1)Nc1cccc(Br)c1. The Balaban J connectivity index is 1.55. The Morgan fingerprint density at radius 1 is 1.07 bits per heavy atom. The van der Waals surface area contributed by atoms with Crippen molar-refractivity contribution in [1.82, 2.24) is 14.8 Å². The molecule has 2 aromatic carbocycles. The van der Waals surface area contributed by atoms with Gasteiger partial charge in [-0.25, -0.2) is 0 Å². The van der Waals surface area contributed by atoms with Gasteiger partial charge in [-0.2, -0.15) is 0 Å². The van der Waals surface area contributed by atoms with Gasteiger partial charge in [0.05, 0.1) is 10.6 Å². The first-order valence-corrected chi connectivity index (χ1v) is 11.1. The number of rotatable bonds is 6. The highest BCUT2D eigenvalue weighted by atomic mass is 79.9. The van der Waals surface area contributed by atoms with Crippen LogP contribution in [0.25, 0.3) is 16.4 Å². The summed E-state index contributed by atoms with van der Waals surface area (Å²) in [5, 5.41) is 14.3. The lowest BCUT2D eigenvalue weighted by Gasteiger charge is -2.09. The van der Waals surface area contributed by atoms with Crippen molar-refractivity contribution < 1.29 is 4.79 Å². The molecule has 140 valence electrons. The molecule has 0 unspecified atom stereocenters. The maximum Gasteiger partial charge on any atom is 0.234 e. The van der Waals surface area contributed by atoms with Gasteiger partial charge in [-0.3, -0.25) is 9.36 Å². The van der Waals surface area contributed by atoms with E-state index in [0.717, 1.165) is 26.5 Å². The van der Waals surface area contributed by atoms with Crippen molar-refractivity contribution >= 4 is 50.6 Å². The number of amides is 1. The Kier molecular flexibility index (Phi) is 5.90. The summed E-state index contributed by atoms with van der Waals surface area (Å²) in [6, 6.07) is 21.5. The second-order valence-electron chi connectivity index (χ2n) is 5.80. The van der Waals surface area contributed by atoms with Crippen molar-refractivity contribution in [1.29, 1.82) is 0 Å². The number of nitrogens with zero attached hydrogens (tertiary/aromatic N) is 3. The molecule has 0 aliphatic heterocycles. The molecule has 2 aromatic heterocycles.